The number of benzene rings is 1. The number of esters is 1. The van der Waals surface area contributed by atoms with Gasteiger partial charge in [0.15, 0.2) is 0 Å². The van der Waals surface area contributed by atoms with Crippen LogP contribution in [0.2, 0.25) is 0 Å². The number of carbonyl (C=O) groups excluding carboxylic acids is 1. The quantitative estimate of drug-likeness (QED) is 0.783. The molecule has 0 aliphatic rings. The van der Waals surface area contributed by atoms with Gasteiger partial charge in [-0.1, -0.05) is 0 Å². The van der Waals surface area contributed by atoms with Crippen LogP contribution in [0.5, 0.6) is 5.75 Å². The summed E-state index contributed by atoms with van der Waals surface area (Å²) in [6.07, 6.45) is 2.62. The van der Waals surface area contributed by atoms with Crippen LogP contribution < -0.4 is 10.3 Å². The summed E-state index contributed by atoms with van der Waals surface area (Å²) < 4.78 is 11.3. The van der Waals surface area contributed by atoms with E-state index in [1.165, 1.54) is 7.11 Å². The Morgan fingerprint density at radius 3 is 2.75 bits per heavy atom. The van der Waals surface area contributed by atoms with Crippen molar-refractivity contribution in [1.29, 1.82) is 0 Å². The van der Waals surface area contributed by atoms with E-state index in [1.54, 1.807) is 30.0 Å². The highest BCUT2D eigenvalue weighted by Crippen LogP contribution is 2.17. The third kappa shape index (κ3) is 2.99. The summed E-state index contributed by atoms with van der Waals surface area (Å²) >= 11 is 0. The fraction of sp³-hybridized carbons (Fsp3) is 0.333. The second-order valence-electron chi connectivity index (χ2n) is 4.45. The molecule has 0 amide bonds. The van der Waals surface area contributed by atoms with Crippen LogP contribution in [0, 0.1) is 0 Å². The zero-order valence-corrected chi connectivity index (χ0v) is 11.6. The van der Waals surface area contributed by atoms with Gasteiger partial charge in [-0.05, 0) is 36.1 Å². The average Bonchev–Trinajstić information content (AvgIpc) is 2.48. The van der Waals surface area contributed by atoms with E-state index in [0.717, 1.165) is 11.1 Å². The van der Waals surface area contributed by atoms with Crippen molar-refractivity contribution in [3.05, 3.63) is 40.8 Å². The highest BCUT2D eigenvalue weighted by Gasteiger charge is 2.05. The van der Waals surface area contributed by atoms with E-state index in [9.17, 15) is 9.59 Å². The molecule has 0 aliphatic heterocycles. The van der Waals surface area contributed by atoms with Crippen LogP contribution in [0.25, 0.3) is 10.8 Å². The summed E-state index contributed by atoms with van der Waals surface area (Å²) in [5.41, 5.74) is -0.0602. The molecule has 0 unspecified atom stereocenters. The van der Waals surface area contributed by atoms with E-state index < -0.39 is 0 Å². The number of pyridine rings is 1. The number of rotatable bonds is 5. The molecule has 106 valence electrons. The molecule has 0 radical (unpaired) electrons. The summed E-state index contributed by atoms with van der Waals surface area (Å²) in [4.78, 5) is 23.3. The van der Waals surface area contributed by atoms with Crippen molar-refractivity contribution in [2.24, 2.45) is 0 Å². The topological polar surface area (TPSA) is 57.5 Å². The smallest absolute Gasteiger partial charge is 0.305 e. The molecule has 1 aromatic heterocycles. The van der Waals surface area contributed by atoms with Crippen LogP contribution in [0.3, 0.4) is 0 Å². The maximum absolute atomic E-state index is 12.3. The molecule has 2 rings (SSSR count). The highest BCUT2D eigenvalue weighted by molar-refractivity contribution is 5.82. The normalized spacial score (nSPS) is 10.5. The fourth-order valence-corrected chi connectivity index (χ4v) is 2.07. The number of aromatic nitrogens is 1. The second kappa shape index (κ2) is 6.23. The molecular formula is C15H17NO4. The van der Waals surface area contributed by atoms with Crippen molar-refractivity contribution in [3.63, 3.8) is 0 Å². The number of hydrogen-bond donors (Lipinski definition) is 0. The number of fused-ring (bicyclic) bond motifs is 1. The van der Waals surface area contributed by atoms with Gasteiger partial charge < -0.3 is 14.0 Å². The summed E-state index contributed by atoms with van der Waals surface area (Å²) in [6, 6.07) is 7.22. The lowest BCUT2D eigenvalue weighted by Crippen LogP contribution is -2.20. The molecular weight excluding hydrogens is 258 g/mol. The predicted octanol–water partition coefficient (Wildman–Crippen LogP) is 1.96. The SMILES string of the molecule is COC(=O)CCCn1ccc2cc(OC)ccc2c1=O. The largest absolute Gasteiger partial charge is 0.497 e. The molecule has 0 atom stereocenters. The van der Waals surface area contributed by atoms with Crippen LogP contribution in [-0.4, -0.2) is 24.8 Å². The fourth-order valence-electron chi connectivity index (χ4n) is 2.07. The minimum absolute atomic E-state index is 0.0602. The second-order valence-corrected chi connectivity index (χ2v) is 4.45. The molecule has 5 heteroatoms. The molecule has 0 fully saturated rings. The first-order valence-electron chi connectivity index (χ1n) is 6.39. The Hall–Kier alpha value is -2.30. The monoisotopic (exact) mass is 275 g/mol. The first-order chi connectivity index (χ1) is 9.65. The van der Waals surface area contributed by atoms with Gasteiger partial charge in [0.1, 0.15) is 5.75 Å². The summed E-state index contributed by atoms with van der Waals surface area (Å²) in [7, 11) is 2.95. The van der Waals surface area contributed by atoms with E-state index >= 15 is 0 Å². The predicted molar refractivity (Wildman–Crippen MR) is 76.0 cm³/mol. The summed E-state index contributed by atoms with van der Waals surface area (Å²) in [6.45, 7) is 0.496. The van der Waals surface area contributed by atoms with Gasteiger partial charge in [-0.2, -0.15) is 0 Å². The summed E-state index contributed by atoms with van der Waals surface area (Å²) in [5.74, 6) is 0.462. The van der Waals surface area contributed by atoms with Gasteiger partial charge >= 0.3 is 5.97 Å². The molecule has 0 spiro atoms. The molecule has 0 bridgehead atoms. The van der Waals surface area contributed by atoms with Crippen LogP contribution >= 0.6 is 0 Å². The van der Waals surface area contributed by atoms with E-state index in [2.05, 4.69) is 4.74 Å². The molecule has 1 heterocycles. The number of methoxy groups -OCH3 is 2. The maximum atomic E-state index is 12.3. The van der Waals surface area contributed by atoms with Gasteiger partial charge in [0.05, 0.1) is 14.2 Å². The number of nitrogens with zero attached hydrogens (tertiary/aromatic N) is 1. The Kier molecular flexibility index (Phi) is 4.40. The molecule has 2 aromatic rings. The Labute approximate surface area is 116 Å². The van der Waals surface area contributed by atoms with E-state index in [4.69, 9.17) is 4.74 Å². The standard InChI is InChI=1S/C15H17NO4/c1-19-12-5-6-13-11(10-12)7-9-16(15(13)18)8-3-4-14(17)20-2/h5-7,9-10H,3-4,8H2,1-2H3. The van der Waals surface area contributed by atoms with Crippen molar-refractivity contribution < 1.29 is 14.3 Å². The van der Waals surface area contributed by atoms with E-state index in [-0.39, 0.29) is 11.5 Å². The minimum atomic E-state index is -0.261. The Morgan fingerprint density at radius 2 is 2.05 bits per heavy atom. The van der Waals surface area contributed by atoms with Crippen molar-refractivity contribution in [2.45, 2.75) is 19.4 Å². The summed E-state index contributed by atoms with van der Waals surface area (Å²) in [5, 5.41) is 1.49. The van der Waals surface area contributed by atoms with E-state index in [1.807, 2.05) is 12.1 Å². The Balaban J connectivity index is 2.21. The number of ether oxygens (including phenoxy) is 2. The van der Waals surface area contributed by atoms with Crippen LogP contribution in [0.15, 0.2) is 35.3 Å². The van der Waals surface area contributed by atoms with Crippen molar-refractivity contribution in [2.75, 3.05) is 14.2 Å². The lowest BCUT2D eigenvalue weighted by molar-refractivity contribution is -0.140. The van der Waals surface area contributed by atoms with E-state index in [0.29, 0.717) is 24.8 Å². The minimum Gasteiger partial charge on any atom is -0.497 e. The highest BCUT2D eigenvalue weighted by atomic mass is 16.5. The zero-order valence-electron chi connectivity index (χ0n) is 11.6. The van der Waals surface area contributed by atoms with Gasteiger partial charge in [0, 0.05) is 24.5 Å². The average molecular weight is 275 g/mol. The van der Waals surface area contributed by atoms with Crippen LogP contribution in [0.4, 0.5) is 0 Å². The van der Waals surface area contributed by atoms with Crippen LogP contribution in [-0.2, 0) is 16.1 Å². The number of hydrogen-bond acceptors (Lipinski definition) is 4. The van der Waals surface area contributed by atoms with Gasteiger partial charge in [-0.25, -0.2) is 0 Å². The number of carbonyl (C=O) groups is 1. The Bertz CT molecular complexity index is 675. The van der Waals surface area contributed by atoms with Gasteiger partial charge in [-0.15, -0.1) is 0 Å². The molecule has 0 saturated carbocycles. The lowest BCUT2D eigenvalue weighted by atomic mass is 10.1. The Morgan fingerprint density at radius 1 is 1.25 bits per heavy atom. The van der Waals surface area contributed by atoms with Gasteiger partial charge in [0.2, 0.25) is 0 Å². The zero-order chi connectivity index (χ0) is 14.5. The molecule has 1 aromatic carbocycles. The van der Waals surface area contributed by atoms with Crippen molar-refractivity contribution in [1.82, 2.24) is 4.57 Å². The third-order valence-corrected chi connectivity index (χ3v) is 3.19. The molecule has 20 heavy (non-hydrogen) atoms. The molecule has 0 saturated heterocycles. The molecule has 5 nitrogen and oxygen atoms in total. The van der Waals surface area contributed by atoms with Gasteiger partial charge in [-0.3, -0.25) is 9.59 Å². The molecule has 0 N–H and O–H groups in total. The van der Waals surface area contributed by atoms with Crippen LogP contribution in [0.1, 0.15) is 12.8 Å². The third-order valence-electron chi connectivity index (χ3n) is 3.19. The van der Waals surface area contributed by atoms with Crippen molar-refractivity contribution >= 4 is 16.7 Å². The maximum Gasteiger partial charge on any atom is 0.305 e. The first-order valence-corrected chi connectivity index (χ1v) is 6.39. The lowest BCUT2D eigenvalue weighted by Gasteiger charge is -2.07. The number of aryl methyl sites for hydroxylation is 1. The van der Waals surface area contributed by atoms with Crippen molar-refractivity contribution in [3.8, 4) is 5.75 Å². The molecule has 0 aliphatic carbocycles. The van der Waals surface area contributed by atoms with Gasteiger partial charge in [0.25, 0.3) is 5.56 Å². The first kappa shape index (κ1) is 14.1.